The minimum absolute atomic E-state index is 0.120. The molecule has 1 unspecified atom stereocenters. The maximum atomic E-state index is 5.77. The molecule has 0 fully saturated rings. The average Bonchev–Trinajstić information content (AvgIpc) is 1.21. The molecular formula is C4H9Cl3Se. The Kier molecular flexibility index (Phi) is 4.14. The van der Waals surface area contributed by atoms with Crippen LogP contribution in [0, 0.1) is 0 Å². The molecule has 0 aliphatic carbocycles. The van der Waals surface area contributed by atoms with Gasteiger partial charge in [-0.15, -0.1) is 0 Å². The Morgan fingerprint density at radius 2 is 1.88 bits per heavy atom. The summed E-state index contributed by atoms with van der Waals surface area (Å²) in [6, 6.07) is 0. The zero-order valence-corrected chi connectivity index (χ0v) is 8.81. The van der Waals surface area contributed by atoms with Crippen LogP contribution in [0.15, 0.2) is 0 Å². The summed E-state index contributed by atoms with van der Waals surface area (Å²) >= 11 is 3.57. The molecule has 0 aromatic carbocycles. The first kappa shape index (κ1) is 9.39. The van der Waals surface area contributed by atoms with Crippen LogP contribution in [0.3, 0.4) is 0 Å². The molecule has 0 radical (unpaired) electrons. The third-order valence-corrected chi connectivity index (χ3v) is 4.68. The Labute approximate surface area is 66.2 Å². The molecule has 8 heavy (non-hydrogen) atoms. The second-order valence-electron chi connectivity index (χ2n) is 1.82. The molecule has 0 saturated heterocycles. The van der Waals surface area contributed by atoms with Crippen molar-refractivity contribution in [2.24, 2.45) is 0 Å². The van der Waals surface area contributed by atoms with Gasteiger partial charge >= 0.3 is 66.3 Å². The van der Waals surface area contributed by atoms with Gasteiger partial charge in [-0.2, -0.15) is 0 Å². The van der Waals surface area contributed by atoms with E-state index in [0.29, 0.717) is 0 Å². The maximum absolute atomic E-state index is 5.77. The molecular weight excluding hydrogens is 233 g/mol. The summed E-state index contributed by atoms with van der Waals surface area (Å²) in [7, 11) is 11.5. The first-order valence-corrected chi connectivity index (χ1v) is 10.1. The van der Waals surface area contributed by atoms with Crippen LogP contribution in [0.5, 0.6) is 0 Å². The molecule has 0 saturated carbocycles. The van der Waals surface area contributed by atoms with Crippen LogP contribution in [-0.2, 0) is 0 Å². The van der Waals surface area contributed by atoms with Gasteiger partial charge in [0.15, 0.2) is 0 Å². The van der Waals surface area contributed by atoms with Crippen molar-refractivity contribution in [3.05, 3.63) is 0 Å². The van der Waals surface area contributed by atoms with Gasteiger partial charge in [-0.25, -0.2) is 0 Å². The average molecular weight is 242 g/mol. The zero-order valence-electron chi connectivity index (χ0n) is 4.83. The summed E-state index contributed by atoms with van der Waals surface area (Å²) in [5, 5.41) is 0.899. The van der Waals surface area contributed by atoms with Gasteiger partial charge in [0.25, 0.3) is 0 Å². The van der Waals surface area contributed by atoms with Crippen LogP contribution in [0.2, 0.25) is 11.1 Å². The van der Waals surface area contributed by atoms with Crippen LogP contribution in [-0.4, -0.2) is 16.4 Å². The van der Waals surface area contributed by atoms with E-state index < -0.39 is 11.0 Å². The quantitative estimate of drug-likeness (QED) is 0.515. The Bertz CT molecular complexity index is 66.2. The third-order valence-electron chi connectivity index (χ3n) is 0.522. The van der Waals surface area contributed by atoms with Crippen LogP contribution >= 0.6 is 31.8 Å². The van der Waals surface area contributed by atoms with Crippen molar-refractivity contribution in [2.45, 2.75) is 23.4 Å². The molecule has 0 aliphatic rings. The van der Waals surface area contributed by atoms with E-state index in [1.54, 1.807) is 0 Å². The number of halogens is 3. The predicted molar refractivity (Wildman–Crippen MR) is 43.4 cm³/mol. The van der Waals surface area contributed by atoms with E-state index in [0.717, 1.165) is 5.32 Å². The van der Waals surface area contributed by atoms with Gasteiger partial charge in [-0.1, -0.05) is 0 Å². The van der Waals surface area contributed by atoms with Gasteiger partial charge < -0.3 is 0 Å². The van der Waals surface area contributed by atoms with Crippen molar-refractivity contribution in [2.75, 3.05) is 0 Å². The molecule has 0 spiro atoms. The normalized spacial score (nSPS) is 18.1. The number of hydrogen-bond donors (Lipinski definition) is 0. The van der Waals surface area contributed by atoms with Crippen LogP contribution < -0.4 is 0 Å². The molecule has 0 heterocycles. The monoisotopic (exact) mass is 242 g/mol. The van der Waals surface area contributed by atoms with Crippen molar-refractivity contribution in [3.8, 4) is 0 Å². The van der Waals surface area contributed by atoms with Crippen molar-refractivity contribution >= 4 is 42.8 Å². The molecule has 0 nitrogen and oxygen atoms in total. The summed E-state index contributed by atoms with van der Waals surface area (Å²) in [6.07, 6.45) is 0. The fourth-order valence-electron chi connectivity index (χ4n) is 0.403. The molecule has 0 aromatic heterocycles. The van der Waals surface area contributed by atoms with Gasteiger partial charge in [0.2, 0.25) is 0 Å². The topological polar surface area (TPSA) is 0 Å². The fourth-order valence-corrected chi connectivity index (χ4v) is 6.04. The molecule has 1 atom stereocenters. The van der Waals surface area contributed by atoms with E-state index in [-0.39, 0.29) is 5.38 Å². The molecule has 0 rings (SSSR count). The summed E-state index contributed by atoms with van der Waals surface area (Å²) in [6.45, 7) is 1.90. The van der Waals surface area contributed by atoms with Gasteiger partial charge in [-0.3, -0.25) is 0 Å². The molecule has 52 valence electrons. The van der Waals surface area contributed by atoms with Crippen LogP contribution in [0.25, 0.3) is 0 Å². The van der Waals surface area contributed by atoms with Gasteiger partial charge in [0.1, 0.15) is 0 Å². The van der Waals surface area contributed by atoms with E-state index in [9.17, 15) is 0 Å². The van der Waals surface area contributed by atoms with Crippen molar-refractivity contribution in [1.82, 2.24) is 0 Å². The molecule has 0 N–H and O–H groups in total. The SMILES string of the molecule is CC(Cl)C[Se](C)(Cl)Cl. The molecule has 4 heteroatoms. The second-order valence-corrected chi connectivity index (χ2v) is 14.8. The summed E-state index contributed by atoms with van der Waals surface area (Å²) in [5.74, 6) is 1.89. The molecule has 0 amide bonds. The molecule has 0 bridgehead atoms. The Morgan fingerprint density at radius 3 is 1.88 bits per heavy atom. The number of hydrogen-bond acceptors (Lipinski definition) is 0. The van der Waals surface area contributed by atoms with E-state index in [1.165, 1.54) is 0 Å². The van der Waals surface area contributed by atoms with E-state index >= 15 is 0 Å². The van der Waals surface area contributed by atoms with Crippen molar-refractivity contribution in [3.63, 3.8) is 0 Å². The van der Waals surface area contributed by atoms with Crippen LogP contribution in [0.1, 0.15) is 6.92 Å². The third kappa shape index (κ3) is 7.39. The van der Waals surface area contributed by atoms with E-state index in [2.05, 4.69) is 0 Å². The number of alkyl halides is 1. The fraction of sp³-hybridized carbons (Fsp3) is 1.00. The Hall–Kier alpha value is 1.39. The first-order valence-electron chi connectivity index (χ1n) is 2.21. The summed E-state index contributed by atoms with van der Waals surface area (Å²) in [4.78, 5) is 0. The predicted octanol–water partition coefficient (Wildman–Crippen LogP) is 3.16. The van der Waals surface area contributed by atoms with E-state index in [1.807, 2.05) is 12.7 Å². The first-order chi connectivity index (χ1) is 3.42. The summed E-state index contributed by atoms with van der Waals surface area (Å²) in [5.41, 5.74) is 0. The minimum atomic E-state index is -2.06. The Morgan fingerprint density at radius 1 is 1.50 bits per heavy atom. The molecule has 0 aromatic rings. The van der Waals surface area contributed by atoms with E-state index in [4.69, 9.17) is 31.8 Å². The Balaban J connectivity index is 3.39. The van der Waals surface area contributed by atoms with Gasteiger partial charge in [0, 0.05) is 0 Å². The van der Waals surface area contributed by atoms with Gasteiger partial charge in [0.05, 0.1) is 0 Å². The molecule has 0 aliphatic heterocycles. The van der Waals surface area contributed by atoms with Crippen molar-refractivity contribution < 1.29 is 0 Å². The zero-order chi connectivity index (χ0) is 6.78. The van der Waals surface area contributed by atoms with Crippen LogP contribution in [0.4, 0.5) is 0 Å². The van der Waals surface area contributed by atoms with Crippen molar-refractivity contribution in [1.29, 1.82) is 0 Å². The standard InChI is InChI=1S/C4H9Cl3Se/c1-4(5)3-8(2,6)7/h4H,3H2,1-2H3. The second kappa shape index (κ2) is 3.53. The van der Waals surface area contributed by atoms with Gasteiger partial charge in [-0.05, 0) is 0 Å². The summed E-state index contributed by atoms with van der Waals surface area (Å²) < 4.78 is 0. The number of rotatable bonds is 2.